The average molecular weight is 632 g/mol. The molecule has 0 spiro atoms. The van der Waals surface area contributed by atoms with E-state index in [1.54, 1.807) is 18.5 Å². The molecule has 8 rings (SSSR count). The van der Waals surface area contributed by atoms with Gasteiger partial charge in [-0.2, -0.15) is 15.1 Å². The minimum absolute atomic E-state index is 0.0283. The smallest absolute Gasteiger partial charge is 0.319 e. The zero-order valence-electron chi connectivity index (χ0n) is 25.2. The number of aromatic amines is 1. The second kappa shape index (κ2) is 12.6. The van der Waals surface area contributed by atoms with E-state index in [4.69, 9.17) is 21.1 Å². The molecule has 44 heavy (non-hydrogen) atoms. The molecule has 236 valence electrons. The van der Waals surface area contributed by atoms with E-state index >= 15 is 4.39 Å². The van der Waals surface area contributed by atoms with Gasteiger partial charge in [-0.3, -0.25) is 10.1 Å². The second-order valence-corrected chi connectivity index (χ2v) is 12.8. The normalized spacial score (nSPS) is 21.4. The predicted molar refractivity (Wildman–Crippen MR) is 164 cm³/mol. The van der Waals surface area contributed by atoms with Gasteiger partial charge >= 0.3 is 6.01 Å². The third kappa shape index (κ3) is 6.43. The van der Waals surface area contributed by atoms with Crippen molar-refractivity contribution in [2.75, 3.05) is 59.0 Å². The maximum atomic E-state index is 16.6. The number of benzene rings is 1. The van der Waals surface area contributed by atoms with Crippen molar-refractivity contribution in [3.63, 3.8) is 0 Å². The van der Waals surface area contributed by atoms with Crippen LogP contribution in [-0.4, -0.2) is 90.0 Å². The van der Waals surface area contributed by atoms with Gasteiger partial charge in [0.05, 0.1) is 29.6 Å². The van der Waals surface area contributed by atoms with Crippen LogP contribution < -0.4 is 9.64 Å². The van der Waals surface area contributed by atoms with Gasteiger partial charge in [0.15, 0.2) is 5.82 Å². The van der Waals surface area contributed by atoms with Crippen molar-refractivity contribution in [3.8, 4) is 17.3 Å². The van der Waals surface area contributed by atoms with Gasteiger partial charge in [0, 0.05) is 48.3 Å². The minimum Gasteiger partial charge on any atom is -0.463 e. The number of piperidine rings is 1. The summed E-state index contributed by atoms with van der Waals surface area (Å²) in [6.07, 6.45) is 7.18. The van der Waals surface area contributed by atoms with Crippen LogP contribution in [-0.2, 0) is 11.2 Å². The highest BCUT2D eigenvalue weighted by Gasteiger charge is 2.57. The van der Waals surface area contributed by atoms with Crippen LogP contribution in [0.1, 0.15) is 37.7 Å². The van der Waals surface area contributed by atoms with Crippen molar-refractivity contribution in [1.29, 1.82) is 0 Å². The first-order chi connectivity index (χ1) is 21.1. The van der Waals surface area contributed by atoms with Gasteiger partial charge in [-0.1, -0.05) is 11.6 Å². The molecule has 0 amide bonds. The van der Waals surface area contributed by atoms with Crippen molar-refractivity contribution in [3.05, 3.63) is 34.9 Å². The molecule has 2 atom stereocenters. The summed E-state index contributed by atoms with van der Waals surface area (Å²) < 4.78 is 55.4. The number of fused-ring (bicyclic) bond motifs is 7. The van der Waals surface area contributed by atoms with Gasteiger partial charge in [0.2, 0.25) is 0 Å². The van der Waals surface area contributed by atoms with Gasteiger partial charge < -0.3 is 19.3 Å². The number of hydrogen-bond acceptors (Lipinski definition) is 8. The Morgan fingerprint density at radius 2 is 1.95 bits per heavy atom. The van der Waals surface area contributed by atoms with Crippen LogP contribution in [0.2, 0.25) is 5.02 Å². The summed E-state index contributed by atoms with van der Waals surface area (Å²) in [5, 5.41) is 8.70. The van der Waals surface area contributed by atoms with Gasteiger partial charge in [-0.05, 0) is 70.8 Å². The molecule has 3 aliphatic heterocycles. The Morgan fingerprint density at radius 1 is 1.16 bits per heavy atom. The molecule has 1 aliphatic carbocycles. The molecule has 9 nitrogen and oxygen atoms in total. The topological polar surface area (TPSA) is 92.3 Å². The highest BCUT2D eigenvalue weighted by molar-refractivity contribution is 6.33. The zero-order chi connectivity index (χ0) is 31.0. The van der Waals surface area contributed by atoms with Crippen LogP contribution in [0.25, 0.3) is 33.1 Å². The lowest BCUT2D eigenvalue weighted by Gasteiger charge is -2.34. The second-order valence-electron chi connectivity index (χ2n) is 12.4. The summed E-state index contributed by atoms with van der Waals surface area (Å²) in [5.74, 6) is -3.51. The fourth-order valence-corrected chi connectivity index (χ4v) is 6.19. The van der Waals surface area contributed by atoms with Gasteiger partial charge in [-0.25, -0.2) is 13.2 Å². The SMILES string of the molecule is CN(C)C.Fc1c2ncc3c(nc(OCC4CC4(F)F)nc13)N1CCCC(COCCCCc3c(Cl)cc4[nH]ncc4c3-2)C1. The van der Waals surface area contributed by atoms with Crippen LogP contribution in [0.4, 0.5) is 19.0 Å². The van der Waals surface area contributed by atoms with Gasteiger partial charge in [0.25, 0.3) is 5.92 Å². The minimum atomic E-state index is -2.74. The average Bonchev–Trinajstić information content (AvgIpc) is 3.34. The number of halogens is 4. The molecule has 3 aromatic heterocycles. The summed E-state index contributed by atoms with van der Waals surface area (Å²) in [7, 11) is 6.00. The quantitative estimate of drug-likeness (QED) is 0.288. The Bertz CT molecular complexity index is 1650. The monoisotopic (exact) mass is 631 g/mol. The fraction of sp³-hybridized carbons (Fsp3) is 0.548. The molecule has 1 saturated carbocycles. The van der Waals surface area contributed by atoms with Crippen molar-refractivity contribution in [1.82, 2.24) is 30.0 Å². The maximum Gasteiger partial charge on any atom is 0.319 e. The number of pyridine rings is 1. The van der Waals surface area contributed by atoms with Crippen molar-refractivity contribution >= 4 is 39.2 Å². The lowest BCUT2D eigenvalue weighted by Crippen LogP contribution is -2.38. The van der Waals surface area contributed by atoms with E-state index < -0.39 is 17.7 Å². The number of alkyl halides is 2. The Balaban J connectivity index is 0.000000810. The molecule has 6 bridgehead atoms. The van der Waals surface area contributed by atoms with Crippen LogP contribution in [0, 0.1) is 17.7 Å². The number of ether oxygens (including phenoxy) is 2. The number of hydrogen-bond donors (Lipinski definition) is 1. The molecule has 1 N–H and O–H groups in total. The molecule has 1 aromatic carbocycles. The van der Waals surface area contributed by atoms with Crippen molar-refractivity contribution in [2.24, 2.45) is 11.8 Å². The Kier molecular flexibility index (Phi) is 8.85. The third-order valence-corrected chi connectivity index (χ3v) is 8.52. The Morgan fingerprint density at radius 3 is 2.73 bits per heavy atom. The molecular formula is C31H37ClF3N7O2. The number of aromatic nitrogens is 5. The molecule has 6 heterocycles. The Labute approximate surface area is 259 Å². The van der Waals surface area contributed by atoms with Gasteiger partial charge in [-0.15, -0.1) is 0 Å². The maximum absolute atomic E-state index is 16.6. The first-order valence-electron chi connectivity index (χ1n) is 15.1. The van der Waals surface area contributed by atoms with Crippen LogP contribution >= 0.6 is 11.6 Å². The zero-order valence-corrected chi connectivity index (χ0v) is 25.9. The molecule has 2 fully saturated rings. The van der Waals surface area contributed by atoms with Crippen LogP contribution in [0.15, 0.2) is 18.5 Å². The number of nitrogens with one attached hydrogen (secondary N) is 1. The summed E-state index contributed by atoms with van der Waals surface area (Å²) in [6, 6.07) is 1.67. The van der Waals surface area contributed by atoms with E-state index in [1.165, 1.54) is 0 Å². The summed E-state index contributed by atoms with van der Waals surface area (Å²) in [6.45, 7) is 2.38. The summed E-state index contributed by atoms with van der Waals surface area (Å²) in [5.41, 5.74) is 2.12. The highest BCUT2D eigenvalue weighted by Crippen LogP contribution is 2.48. The highest BCUT2D eigenvalue weighted by atomic mass is 35.5. The number of anilines is 1. The third-order valence-electron chi connectivity index (χ3n) is 8.19. The lowest BCUT2D eigenvalue weighted by atomic mass is 9.95. The Hall–Kier alpha value is -3.22. The first kappa shape index (κ1) is 30.8. The standard InChI is InChI=1S/C28H28ClF3N6O2.C3H9N/c29-20-8-21-18(11-34-37-21)22-17(20)5-1-2-7-39-13-15-4-3-6-38(12-15)26-19-10-33-25(22)23(30)24(19)35-27(36-26)40-14-16-9-28(16,31)32;1-4(2)3/h8,10-11,15-16H,1-7,9,12-14H2,(H,34,37);1-3H3. The van der Waals surface area contributed by atoms with E-state index in [-0.39, 0.29) is 36.2 Å². The van der Waals surface area contributed by atoms with Crippen molar-refractivity contribution < 1.29 is 22.6 Å². The van der Waals surface area contributed by atoms with E-state index in [0.717, 1.165) is 31.2 Å². The van der Waals surface area contributed by atoms with Crippen LogP contribution in [0.3, 0.4) is 0 Å². The first-order valence-corrected chi connectivity index (χ1v) is 15.5. The van der Waals surface area contributed by atoms with Crippen LogP contribution in [0.5, 0.6) is 6.01 Å². The molecular weight excluding hydrogens is 595 g/mol. The molecule has 2 unspecified atom stereocenters. The van der Waals surface area contributed by atoms with Crippen molar-refractivity contribution in [2.45, 2.75) is 44.4 Å². The lowest BCUT2D eigenvalue weighted by molar-refractivity contribution is 0.0842. The van der Waals surface area contributed by atoms with E-state index in [1.807, 2.05) is 26.0 Å². The molecule has 4 aliphatic rings. The number of nitrogens with zero attached hydrogens (tertiary/aromatic N) is 6. The summed E-state index contributed by atoms with van der Waals surface area (Å²) in [4.78, 5) is 17.7. The molecule has 4 aromatic rings. The summed E-state index contributed by atoms with van der Waals surface area (Å²) >= 11 is 6.73. The number of rotatable bonds is 3. The van der Waals surface area contributed by atoms with E-state index in [2.05, 4.69) is 30.0 Å². The predicted octanol–water partition coefficient (Wildman–Crippen LogP) is 6.14. The molecule has 1 saturated heterocycles. The fourth-order valence-electron chi connectivity index (χ4n) is 5.89. The molecule has 0 radical (unpaired) electrons. The van der Waals surface area contributed by atoms with E-state index in [9.17, 15) is 8.78 Å². The van der Waals surface area contributed by atoms with Gasteiger partial charge in [0.1, 0.15) is 23.6 Å². The largest absolute Gasteiger partial charge is 0.463 e. The van der Waals surface area contributed by atoms with E-state index in [0.29, 0.717) is 65.4 Å². The molecule has 13 heteroatoms. The number of H-pyrrole nitrogens is 1.